The van der Waals surface area contributed by atoms with Gasteiger partial charge in [-0.1, -0.05) is 6.92 Å². The van der Waals surface area contributed by atoms with Crippen LogP contribution in [0.3, 0.4) is 0 Å². The number of guanidine groups is 1. The molecule has 0 aromatic heterocycles. The molecule has 19 heavy (non-hydrogen) atoms. The summed E-state index contributed by atoms with van der Waals surface area (Å²) in [6, 6.07) is 0.432. The standard InChI is InChI=1S/C14H30N4.HI/c1-5-15-14(17-12(3)4)16-10-13-8-7-9-18(6-2)11-13;/h12-13H,5-11H2,1-4H3,(H2,15,16,17);1H. The number of aliphatic imine (C=N–C) groups is 1. The second-order valence-corrected chi connectivity index (χ2v) is 5.42. The van der Waals surface area contributed by atoms with Crippen LogP contribution in [0.25, 0.3) is 0 Å². The maximum absolute atomic E-state index is 4.71. The highest BCUT2D eigenvalue weighted by Crippen LogP contribution is 2.16. The van der Waals surface area contributed by atoms with Crippen molar-refractivity contribution in [2.75, 3.05) is 32.7 Å². The average Bonchev–Trinajstić information content (AvgIpc) is 2.36. The van der Waals surface area contributed by atoms with Gasteiger partial charge in [-0.2, -0.15) is 0 Å². The lowest BCUT2D eigenvalue weighted by Crippen LogP contribution is -2.42. The fraction of sp³-hybridized carbons (Fsp3) is 0.929. The molecule has 1 aliphatic heterocycles. The highest BCUT2D eigenvalue weighted by molar-refractivity contribution is 14.0. The van der Waals surface area contributed by atoms with E-state index in [9.17, 15) is 0 Å². The summed E-state index contributed by atoms with van der Waals surface area (Å²) in [5.41, 5.74) is 0. The SMILES string of the molecule is CCNC(=NCC1CCCN(CC)C1)NC(C)C.I. The molecule has 1 saturated heterocycles. The van der Waals surface area contributed by atoms with Gasteiger partial charge in [0.2, 0.25) is 0 Å². The van der Waals surface area contributed by atoms with E-state index < -0.39 is 0 Å². The van der Waals surface area contributed by atoms with Crippen molar-refractivity contribution in [3.8, 4) is 0 Å². The lowest BCUT2D eigenvalue weighted by Gasteiger charge is -2.31. The molecule has 4 nitrogen and oxygen atoms in total. The van der Waals surface area contributed by atoms with Crippen LogP contribution in [0.5, 0.6) is 0 Å². The molecule has 5 heteroatoms. The molecule has 0 aromatic rings. The average molecular weight is 382 g/mol. The van der Waals surface area contributed by atoms with Gasteiger partial charge >= 0.3 is 0 Å². The number of hydrogen-bond acceptors (Lipinski definition) is 2. The van der Waals surface area contributed by atoms with Gasteiger partial charge < -0.3 is 15.5 Å². The maximum atomic E-state index is 4.71. The first-order valence-electron chi connectivity index (χ1n) is 7.42. The summed E-state index contributed by atoms with van der Waals surface area (Å²) in [7, 11) is 0. The Bertz CT molecular complexity index is 256. The van der Waals surface area contributed by atoms with Crippen LogP contribution in [0, 0.1) is 5.92 Å². The van der Waals surface area contributed by atoms with E-state index in [0.717, 1.165) is 25.0 Å². The van der Waals surface area contributed by atoms with Crippen molar-refractivity contribution in [3.63, 3.8) is 0 Å². The Morgan fingerprint density at radius 2 is 2.11 bits per heavy atom. The molecule has 1 aliphatic rings. The molecule has 1 unspecified atom stereocenters. The summed E-state index contributed by atoms with van der Waals surface area (Å²) in [6.07, 6.45) is 2.64. The van der Waals surface area contributed by atoms with Crippen LogP contribution in [0.4, 0.5) is 0 Å². The van der Waals surface area contributed by atoms with Crippen molar-refractivity contribution in [3.05, 3.63) is 0 Å². The molecule has 0 spiro atoms. The predicted molar refractivity (Wildman–Crippen MR) is 94.5 cm³/mol. The summed E-state index contributed by atoms with van der Waals surface area (Å²) < 4.78 is 0. The van der Waals surface area contributed by atoms with Crippen molar-refractivity contribution >= 4 is 29.9 Å². The molecule has 0 aromatic carbocycles. The molecule has 1 rings (SSSR count). The minimum Gasteiger partial charge on any atom is -0.357 e. The third-order valence-corrected chi connectivity index (χ3v) is 3.33. The Labute approximate surface area is 135 Å². The summed E-state index contributed by atoms with van der Waals surface area (Å²) in [4.78, 5) is 7.25. The van der Waals surface area contributed by atoms with E-state index >= 15 is 0 Å². The lowest BCUT2D eigenvalue weighted by molar-refractivity contribution is 0.186. The molecule has 114 valence electrons. The number of likely N-dealkylation sites (tertiary alicyclic amines) is 1. The zero-order valence-electron chi connectivity index (χ0n) is 12.9. The van der Waals surface area contributed by atoms with Crippen LogP contribution in [-0.4, -0.2) is 49.6 Å². The second-order valence-electron chi connectivity index (χ2n) is 5.42. The molecule has 1 atom stereocenters. The first kappa shape index (κ1) is 19.0. The van der Waals surface area contributed by atoms with Gasteiger partial charge in [-0.15, -0.1) is 24.0 Å². The fourth-order valence-corrected chi connectivity index (χ4v) is 2.40. The zero-order valence-corrected chi connectivity index (χ0v) is 15.2. The molecule has 0 aliphatic carbocycles. The summed E-state index contributed by atoms with van der Waals surface area (Å²) in [6.45, 7) is 14.2. The molecular weight excluding hydrogens is 351 g/mol. The zero-order chi connectivity index (χ0) is 13.4. The molecule has 0 radical (unpaired) electrons. The van der Waals surface area contributed by atoms with Crippen molar-refractivity contribution in [2.24, 2.45) is 10.9 Å². The topological polar surface area (TPSA) is 39.7 Å². The van der Waals surface area contributed by atoms with Gasteiger partial charge in [0.1, 0.15) is 0 Å². The maximum Gasteiger partial charge on any atom is 0.191 e. The predicted octanol–water partition coefficient (Wildman–Crippen LogP) is 2.30. The fourth-order valence-electron chi connectivity index (χ4n) is 2.40. The monoisotopic (exact) mass is 382 g/mol. The highest BCUT2D eigenvalue weighted by atomic mass is 127. The third-order valence-electron chi connectivity index (χ3n) is 3.33. The summed E-state index contributed by atoms with van der Waals surface area (Å²) >= 11 is 0. The van der Waals surface area contributed by atoms with E-state index in [-0.39, 0.29) is 24.0 Å². The van der Waals surface area contributed by atoms with Gasteiger partial charge in [-0.25, -0.2) is 0 Å². The van der Waals surface area contributed by atoms with Crippen LogP contribution in [0.1, 0.15) is 40.5 Å². The molecule has 0 bridgehead atoms. The Morgan fingerprint density at radius 3 is 2.68 bits per heavy atom. The summed E-state index contributed by atoms with van der Waals surface area (Å²) in [5.74, 6) is 1.68. The van der Waals surface area contributed by atoms with E-state index in [1.165, 1.54) is 32.5 Å². The van der Waals surface area contributed by atoms with Crippen LogP contribution >= 0.6 is 24.0 Å². The van der Waals surface area contributed by atoms with Crippen molar-refractivity contribution in [1.82, 2.24) is 15.5 Å². The Morgan fingerprint density at radius 1 is 1.37 bits per heavy atom. The van der Waals surface area contributed by atoms with Crippen molar-refractivity contribution in [1.29, 1.82) is 0 Å². The number of rotatable bonds is 5. The van der Waals surface area contributed by atoms with E-state index in [2.05, 4.69) is 43.2 Å². The van der Waals surface area contributed by atoms with E-state index in [1.807, 2.05) is 0 Å². The quantitative estimate of drug-likeness (QED) is 0.436. The highest BCUT2D eigenvalue weighted by Gasteiger charge is 2.18. The van der Waals surface area contributed by atoms with Gasteiger partial charge in [0.15, 0.2) is 5.96 Å². The number of piperidine rings is 1. The van der Waals surface area contributed by atoms with E-state index in [1.54, 1.807) is 0 Å². The molecule has 0 saturated carbocycles. The van der Waals surface area contributed by atoms with Gasteiger partial charge in [0.25, 0.3) is 0 Å². The molecule has 1 fully saturated rings. The van der Waals surface area contributed by atoms with Crippen LogP contribution in [0.15, 0.2) is 4.99 Å². The van der Waals surface area contributed by atoms with Gasteiger partial charge in [0, 0.05) is 25.7 Å². The lowest BCUT2D eigenvalue weighted by atomic mass is 9.98. The van der Waals surface area contributed by atoms with Crippen LogP contribution in [-0.2, 0) is 0 Å². The smallest absolute Gasteiger partial charge is 0.191 e. The van der Waals surface area contributed by atoms with E-state index in [4.69, 9.17) is 4.99 Å². The number of nitrogens with one attached hydrogen (secondary N) is 2. The van der Waals surface area contributed by atoms with E-state index in [0.29, 0.717) is 6.04 Å². The van der Waals surface area contributed by atoms with Crippen LogP contribution < -0.4 is 10.6 Å². The molecule has 1 heterocycles. The van der Waals surface area contributed by atoms with Gasteiger partial charge in [-0.05, 0) is 52.6 Å². The van der Waals surface area contributed by atoms with Crippen molar-refractivity contribution < 1.29 is 0 Å². The van der Waals surface area contributed by atoms with Crippen molar-refractivity contribution in [2.45, 2.75) is 46.6 Å². The molecule has 0 amide bonds. The summed E-state index contributed by atoms with van der Waals surface area (Å²) in [5, 5.41) is 6.67. The second kappa shape index (κ2) is 10.7. The minimum atomic E-state index is 0. The number of halogens is 1. The molecule has 2 N–H and O–H groups in total. The molecular formula is C14H31IN4. The Kier molecular flexibility index (Phi) is 10.7. The van der Waals surface area contributed by atoms with Gasteiger partial charge in [-0.3, -0.25) is 4.99 Å². The normalized spacial score (nSPS) is 21.1. The Balaban J connectivity index is 0.00000324. The number of hydrogen-bond donors (Lipinski definition) is 2. The Hall–Kier alpha value is -0.0400. The number of nitrogens with zero attached hydrogens (tertiary/aromatic N) is 2. The van der Waals surface area contributed by atoms with Crippen LogP contribution in [0.2, 0.25) is 0 Å². The minimum absolute atomic E-state index is 0. The first-order chi connectivity index (χ1) is 8.65. The third kappa shape index (κ3) is 7.97. The largest absolute Gasteiger partial charge is 0.357 e. The first-order valence-corrected chi connectivity index (χ1v) is 7.42. The van der Waals surface area contributed by atoms with Gasteiger partial charge in [0.05, 0.1) is 0 Å².